The van der Waals surface area contributed by atoms with Crippen molar-refractivity contribution in [1.82, 2.24) is 4.57 Å². The molecule has 0 unspecified atom stereocenters. The minimum absolute atomic E-state index is 0.0313. The van der Waals surface area contributed by atoms with Crippen LogP contribution >= 0.6 is 0 Å². The van der Waals surface area contributed by atoms with Crippen LogP contribution in [0.1, 0.15) is 108 Å². The Morgan fingerprint density at radius 3 is 1.85 bits per heavy atom. The minimum atomic E-state index is -1.91. The molecule has 1 saturated heterocycles. The average molecular weight is 531 g/mol. The number of methoxy groups -OCH3 is 1. The molecule has 2 heterocycles. The third-order valence-corrected chi connectivity index (χ3v) is 8.11. The Hall–Kier alpha value is -3.35. The Labute approximate surface area is 233 Å². The van der Waals surface area contributed by atoms with Gasteiger partial charge in [-0.05, 0) is 29.5 Å². The smallest absolute Gasteiger partial charge is 0.286 e. The van der Waals surface area contributed by atoms with Crippen LogP contribution in [0.2, 0.25) is 5.82 Å². The molecular weight excluding hydrogens is 487 g/mol. The standard InChI is InChI=1S/C32H43BN2O4/c1-19(2)23-12-10-13-24(20(3)4)29(23)34-16-17-35(30-25(21(5)6)14-11-15-26(30)22(7)8)32(34)33-27(31(37)38-9)18-28(36)39-33/h10-17,19-22,27,33H,18H2,1-9H3/t27-,33+/m0/s1. The minimum Gasteiger partial charge on any atom is -0.680 e. The van der Waals surface area contributed by atoms with Crippen LogP contribution in [-0.2, 0) is 19.0 Å². The molecule has 208 valence electrons. The Morgan fingerprint density at radius 2 is 1.38 bits per heavy atom. The fourth-order valence-corrected chi connectivity index (χ4v) is 6.10. The van der Waals surface area contributed by atoms with Crippen LogP contribution in [0.3, 0.4) is 0 Å². The van der Waals surface area contributed by atoms with Gasteiger partial charge in [-0.3, -0.25) is 9.59 Å². The number of carbonyl (C=O) groups is 2. The summed E-state index contributed by atoms with van der Waals surface area (Å²) in [5, 5.41) is 0. The van der Waals surface area contributed by atoms with Gasteiger partial charge in [-0.15, -0.1) is 0 Å². The van der Waals surface area contributed by atoms with Crippen molar-refractivity contribution in [2.24, 2.45) is 0 Å². The van der Waals surface area contributed by atoms with E-state index in [-0.39, 0.29) is 36.1 Å². The van der Waals surface area contributed by atoms with Crippen molar-refractivity contribution >= 4 is 24.6 Å². The first-order valence-corrected chi connectivity index (χ1v) is 14.3. The molecule has 0 amide bonds. The van der Waals surface area contributed by atoms with Gasteiger partial charge in [-0.2, -0.15) is 0 Å². The van der Waals surface area contributed by atoms with Gasteiger partial charge in [-0.1, -0.05) is 91.8 Å². The largest absolute Gasteiger partial charge is 0.680 e. The number of nitrogens with zero attached hydrogens (tertiary/aromatic N) is 2. The van der Waals surface area contributed by atoms with Crippen molar-refractivity contribution in [3.05, 3.63) is 71.0 Å². The van der Waals surface area contributed by atoms with Gasteiger partial charge in [0, 0.05) is 28.7 Å². The predicted molar refractivity (Wildman–Crippen MR) is 157 cm³/mol. The first-order valence-electron chi connectivity index (χ1n) is 14.3. The Morgan fingerprint density at radius 1 is 0.897 bits per heavy atom. The zero-order valence-electron chi connectivity index (χ0n) is 24.9. The van der Waals surface area contributed by atoms with E-state index in [9.17, 15) is 9.59 Å². The first kappa shape index (κ1) is 28.7. The molecule has 3 aromatic rings. The van der Waals surface area contributed by atoms with E-state index in [1.165, 1.54) is 29.4 Å². The fourth-order valence-electron chi connectivity index (χ4n) is 6.10. The van der Waals surface area contributed by atoms with Crippen LogP contribution in [0.4, 0.5) is 0 Å². The average Bonchev–Trinajstić information content (AvgIpc) is 3.50. The summed E-state index contributed by atoms with van der Waals surface area (Å²) in [7, 11) is 1.38. The van der Waals surface area contributed by atoms with Gasteiger partial charge in [-0.25, -0.2) is 9.13 Å². The highest BCUT2D eigenvalue weighted by Crippen LogP contribution is 2.34. The van der Waals surface area contributed by atoms with Crippen LogP contribution in [0.15, 0.2) is 48.8 Å². The van der Waals surface area contributed by atoms with E-state index in [0.717, 1.165) is 17.1 Å². The third kappa shape index (κ3) is 5.28. The maximum atomic E-state index is 13.0. The van der Waals surface area contributed by atoms with Crippen LogP contribution in [0, 0.1) is 0 Å². The van der Waals surface area contributed by atoms with E-state index in [1.54, 1.807) is 0 Å². The van der Waals surface area contributed by atoms with Gasteiger partial charge in [0.2, 0.25) is 0 Å². The van der Waals surface area contributed by atoms with E-state index in [0.29, 0.717) is 0 Å². The fraction of sp³-hybridized carbons (Fsp3) is 0.469. The van der Waals surface area contributed by atoms with Crippen LogP contribution < -0.4 is 10.3 Å². The van der Waals surface area contributed by atoms with E-state index in [4.69, 9.17) is 9.39 Å². The monoisotopic (exact) mass is 530 g/mol. The van der Waals surface area contributed by atoms with Crippen LogP contribution in [0.5, 0.6) is 0 Å². The lowest BCUT2D eigenvalue weighted by Gasteiger charge is -2.26. The lowest BCUT2D eigenvalue weighted by molar-refractivity contribution is -0.577. The molecule has 6 nitrogen and oxygen atoms in total. The number of imidazole rings is 1. The quantitative estimate of drug-likeness (QED) is 0.214. The number of ether oxygens (including phenoxy) is 1. The van der Waals surface area contributed by atoms with Crippen molar-refractivity contribution in [3.63, 3.8) is 0 Å². The summed E-state index contributed by atoms with van der Waals surface area (Å²) in [5.41, 5.74) is 7.89. The number of esters is 1. The van der Waals surface area contributed by atoms with Gasteiger partial charge >= 0.3 is 0 Å². The molecule has 1 fully saturated rings. The highest BCUT2D eigenvalue weighted by Gasteiger charge is 2.44. The second-order valence-corrected chi connectivity index (χ2v) is 12.1. The molecule has 0 bridgehead atoms. The number of aromatic nitrogens is 2. The van der Waals surface area contributed by atoms with Crippen molar-refractivity contribution in [2.45, 2.75) is 91.3 Å². The van der Waals surface area contributed by atoms with E-state index >= 15 is 0 Å². The maximum Gasteiger partial charge on any atom is 0.286 e. The van der Waals surface area contributed by atoms with Gasteiger partial charge in [0.05, 0.1) is 7.11 Å². The summed E-state index contributed by atoms with van der Waals surface area (Å²) in [4.78, 5) is 25.8. The number of hydrogen-bond donors (Lipinski definition) is 0. The molecule has 0 radical (unpaired) electrons. The molecule has 39 heavy (non-hydrogen) atoms. The van der Waals surface area contributed by atoms with Crippen molar-refractivity contribution in [3.8, 4) is 11.4 Å². The topological polar surface area (TPSA) is 61.4 Å². The molecule has 2 atom stereocenters. The molecule has 0 saturated carbocycles. The third-order valence-electron chi connectivity index (χ3n) is 8.11. The molecule has 0 aliphatic carbocycles. The van der Waals surface area contributed by atoms with Crippen LogP contribution in [0.25, 0.3) is 11.4 Å². The lowest BCUT2D eigenvalue weighted by Crippen LogP contribution is -2.59. The van der Waals surface area contributed by atoms with E-state index in [1.807, 2.05) is 0 Å². The van der Waals surface area contributed by atoms with Gasteiger partial charge in [0.25, 0.3) is 18.9 Å². The molecular formula is C32H43BN2O4. The van der Waals surface area contributed by atoms with Crippen molar-refractivity contribution in [2.75, 3.05) is 7.11 Å². The summed E-state index contributed by atoms with van der Waals surface area (Å²) in [6.45, 7) is 15.7. The zero-order valence-corrected chi connectivity index (χ0v) is 24.9. The molecule has 1 aliphatic rings. The van der Waals surface area contributed by atoms with E-state index < -0.39 is 18.7 Å². The number of rotatable bonds is 8. The normalized spacial score (nSPS) is 17.5. The summed E-state index contributed by atoms with van der Waals surface area (Å²) in [5.74, 6) is -0.314. The molecule has 0 spiro atoms. The number of carbonyl (C=O) groups excluding carboxylic acids is 2. The first-order chi connectivity index (χ1) is 18.5. The summed E-state index contributed by atoms with van der Waals surface area (Å²) in [6, 6.07) is 12.9. The number of hydrogen-bond acceptors (Lipinski definition) is 4. The van der Waals surface area contributed by atoms with Crippen molar-refractivity contribution in [1.29, 1.82) is 0 Å². The van der Waals surface area contributed by atoms with Crippen molar-refractivity contribution < 1.29 is 23.5 Å². The molecule has 0 N–H and O–H groups in total. The second-order valence-electron chi connectivity index (χ2n) is 12.1. The second kappa shape index (κ2) is 11.4. The molecule has 7 heteroatoms. The zero-order chi connectivity index (χ0) is 28.6. The summed E-state index contributed by atoms with van der Waals surface area (Å²) >= 11 is 0. The van der Waals surface area contributed by atoms with Gasteiger partial charge in [0.1, 0.15) is 29.5 Å². The molecule has 1 aromatic heterocycles. The summed E-state index contributed by atoms with van der Waals surface area (Å²) < 4.78 is 15.6. The Balaban J connectivity index is 2.15. The van der Waals surface area contributed by atoms with E-state index in [2.05, 4.69) is 113 Å². The Kier molecular flexibility index (Phi) is 8.38. The highest BCUT2D eigenvalue weighted by atomic mass is 16.5. The highest BCUT2D eigenvalue weighted by molar-refractivity contribution is 6.73. The maximum absolute atomic E-state index is 13.0. The predicted octanol–water partition coefficient (Wildman–Crippen LogP) is 5.67. The number of para-hydroxylation sites is 2. The molecule has 4 rings (SSSR count). The SMILES string of the molecule is COC(=O)[C@@H]1CC(=O)O[B@H-]1c1n(-c2c(C(C)C)cccc2C(C)C)cc[n+]1-c1c(C(C)C)cccc1C(C)C. The lowest BCUT2D eigenvalue weighted by atomic mass is 9.55. The Bertz CT molecular complexity index is 1240. The van der Waals surface area contributed by atoms with Gasteiger partial charge < -0.3 is 9.39 Å². The molecule has 2 aromatic carbocycles. The molecule has 1 aliphatic heterocycles. The number of benzene rings is 2. The summed E-state index contributed by atoms with van der Waals surface area (Å²) in [6.07, 6.45) is 4.19. The van der Waals surface area contributed by atoms with Crippen LogP contribution in [-0.4, -0.2) is 30.5 Å². The van der Waals surface area contributed by atoms with Gasteiger partial charge in [0.15, 0.2) is 0 Å².